The second kappa shape index (κ2) is 8.96. The molecular weight excluding hydrogens is 442 g/mol. The van der Waals surface area contributed by atoms with Gasteiger partial charge in [-0.3, -0.25) is 9.52 Å². The molecule has 0 radical (unpaired) electrons. The number of halogens is 1. The van der Waals surface area contributed by atoms with Gasteiger partial charge in [0.15, 0.2) is 0 Å². The summed E-state index contributed by atoms with van der Waals surface area (Å²) in [7, 11) is -3.80. The van der Waals surface area contributed by atoms with Gasteiger partial charge in [0, 0.05) is 34.6 Å². The van der Waals surface area contributed by atoms with Crippen molar-refractivity contribution in [1.82, 2.24) is 0 Å². The van der Waals surface area contributed by atoms with Crippen LogP contribution in [0.5, 0.6) is 0 Å². The zero-order chi connectivity index (χ0) is 20.1. The predicted molar refractivity (Wildman–Crippen MR) is 117 cm³/mol. The summed E-state index contributed by atoms with van der Waals surface area (Å²) >= 11 is 3.36. The zero-order valence-corrected chi connectivity index (χ0v) is 18.1. The van der Waals surface area contributed by atoms with Crippen molar-refractivity contribution in [3.8, 4) is 0 Å². The number of carbonyl (C=O) groups excluding carboxylic acids is 1. The van der Waals surface area contributed by atoms with Crippen LogP contribution in [0.15, 0.2) is 46.9 Å². The molecule has 1 amide bonds. The first-order valence-corrected chi connectivity index (χ1v) is 11.7. The van der Waals surface area contributed by atoms with Crippen LogP contribution in [0, 0.1) is 6.92 Å². The van der Waals surface area contributed by atoms with Gasteiger partial charge in [-0.05, 0) is 74.2 Å². The number of rotatable bonds is 6. The molecule has 0 unspecified atom stereocenters. The highest BCUT2D eigenvalue weighted by molar-refractivity contribution is 9.10. The number of hydrogen-bond donors (Lipinski definition) is 2. The molecule has 1 heterocycles. The summed E-state index contributed by atoms with van der Waals surface area (Å²) < 4.78 is 28.0. The van der Waals surface area contributed by atoms with Gasteiger partial charge in [0.1, 0.15) is 5.75 Å². The fourth-order valence-electron chi connectivity index (χ4n) is 3.23. The minimum Gasteiger partial charge on any atom is -0.372 e. The highest BCUT2D eigenvalue weighted by atomic mass is 79.9. The molecular formula is C20H24BrN3O3S. The van der Waals surface area contributed by atoms with Crippen LogP contribution in [0.2, 0.25) is 0 Å². The molecule has 0 saturated carbocycles. The highest BCUT2D eigenvalue weighted by Gasteiger charge is 2.18. The van der Waals surface area contributed by atoms with E-state index < -0.39 is 21.7 Å². The number of hydrogen-bond acceptors (Lipinski definition) is 4. The van der Waals surface area contributed by atoms with Gasteiger partial charge in [0.25, 0.3) is 0 Å². The van der Waals surface area contributed by atoms with E-state index in [1.165, 1.54) is 19.3 Å². The summed E-state index contributed by atoms with van der Waals surface area (Å²) in [5, 5.41) is 2.65. The lowest BCUT2D eigenvalue weighted by Gasteiger charge is -2.28. The van der Waals surface area contributed by atoms with Crippen LogP contribution >= 0.6 is 15.9 Å². The topological polar surface area (TPSA) is 78.5 Å². The Labute approximate surface area is 174 Å². The first-order valence-electron chi connectivity index (χ1n) is 9.24. The fourth-order valence-corrected chi connectivity index (χ4v) is 4.69. The monoisotopic (exact) mass is 465 g/mol. The van der Waals surface area contributed by atoms with Crippen LogP contribution in [-0.4, -0.2) is 33.2 Å². The molecule has 0 aromatic heterocycles. The third kappa shape index (κ3) is 5.72. The van der Waals surface area contributed by atoms with Crippen molar-refractivity contribution in [3.63, 3.8) is 0 Å². The molecule has 6 nitrogen and oxygen atoms in total. The smallest absolute Gasteiger partial charge is 0.241 e. The molecule has 2 aromatic rings. The van der Waals surface area contributed by atoms with E-state index >= 15 is 0 Å². The summed E-state index contributed by atoms with van der Waals surface area (Å²) in [6, 6.07) is 12.7. The molecule has 1 fully saturated rings. The lowest BCUT2D eigenvalue weighted by Crippen LogP contribution is -2.29. The van der Waals surface area contributed by atoms with Crippen LogP contribution in [0.1, 0.15) is 24.8 Å². The van der Waals surface area contributed by atoms with Crippen LogP contribution < -0.4 is 14.9 Å². The van der Waals surface area contributed by atoms with Crippen molar-refractivity contribution in [1.29, 1.82) is 0 Å². The number of amides is 1. The van der Waals surface area contributed by atoms with Crippen LogP contribution in [0.4, 0.5) is 17.1 Å². The molecule has 0 atom stereocenters. The molecule has 2 N–H and O–H groups in total. The number of nitrogens with one attached hydrogen (secondary N) is 2. The minimum absolute atomic E-state index is 0.452. The van der Waals surface area contributed by atoms with Crippen molar-refractivity contribution in [2.45, 2.75) is 26.2 Å². The fraction of sp³-hybridized carbons (Fsp3) is 0.350. The van der Waals surface area contributed by atoms with Gasteiger partial charge in [-0.1, -0.05) is 15.9 Å². The van der Waals surface area contributed by atoms with Gasteiger partial charge in [0.2, 0.25) is 15.9 Å². The third-order valence-electron chi connectivity index (χ3n) is 4.65. The van der Waals surface area contributed by atoms with Crippen LogP contribution in [0.25, 0.3) is 0 Å². The first kappa shape index (κ1) is 20.7. The number of aryl methyl sites for hydroxylation is 1. The van der Waals surface area contributed by atoms with Gasteiger partial charge in [-0.2, -0.15) is 0 Å². The standard InChI is InChI=1S/C20H24BrN3O3S/c1-15-13-16(21)5-10-19(15)22-20(25)14-28(26,27)23-17-6-8-18(9-7-17)24-11-3-2-4-12-24/h5-10,13,23H,2-4,11-12,14H2,1H3,(H,22,25). The molecule has 0 spiro atoms. The highest BCUT2D eigenvalue weighted by Crippen LogP contribution is 2.23. The van der Waals surface area contributed by atoms with E-state index in [-0.39, 0.29) is 0 Å². The van der Waals surface area contributed by atoms with Crippen molar-refractivity contribution in [2.24, 2.45) is 0 Å². The molecule has 3 rings (SSSR count). The predicted octanol–water partition coefficient (Wildman–Crippen LogP) is 4.13. The Morgan fingerprint density at radius 1 is 1.07 bits per heavy atom. The van der Waals surface area contributed by atoms with Crippen molar-refractivity contribution in [3.05, 3.63) is 52.5 Å². The van der Waals surface area contributed by atoms with Gasteiger partial charge in [-0.25, -0.2) is 8.42 Å². The normalized spacial score (nSPS) is 14.6. The van der Waals surface area contributed by atoms with E-state index in [0.717, 1.165) is 28.8 Å². The first-order chi connectivity index (χ1) is 13.3. The number of nitrogens with zero attached hydrogens (tertiary/aromatic N) is 1. The second-order valence-corrected chi connectivity index (χ2v) is 9.60. The van der Waals surface area contributed by atoms with E-state index in [0.29, 0.717) is 11.4 Å². The average Bonchev–Trinajstić information content (AvgIpc) is 2.64. The SMILES string of the molecule is Cc1cc(Br)ccc1NC(=O)CS(=O)(=O)Nc1ccc(N2CCCCC2)cc1. The van der Waals surface area contributed by atoms with E-state index in [9.17, 15) is 13.2 Å². The Kier molecular flexibility index (Phi) is 6.61. The maximum atomic E-state index is 12.3. The summed E-state index contributed by atoms with van der Waals surface area (Å²) in [4.78, 5) is 14.5. The zero-order valence-electron chi connectivity index (χ0n) is 15.7. The van der Waals surface area contributed by atoms with Crippen molar-refractivity contribution < 1.29 is 13.2 Å². The van der Waals surface area contributed by atoms with Gasteiger partial charge in [-0.15, -0.1) is 0 Å². The Balaban J connectivity index is 1.59. The lowest BCUT2D eigenvalue weighted by atomic mass is 10.1. The average molecular weight is 466 g/mol. The Morgan fingerprint density at radius 3 is 2.39 bits per heavy atom. The number of piperidine rings is 1. The Bertz CT molecular complexity index is 940. The number of sulfonamides is 1. The van der Waals surface area contributed by atoms with Crippen molar-refractivity contribution >= 4 is 48.9 Å². The van der Waals surface area contributed by atoms with Gasteiger partial charge < -0.3 is 10.2 Å². The maximum absolute atomic E-state index is 12.3. The summed E-state index contributed by atoms with van der Waals surface area (Å²) in [6.45, 7) is 3.90. The minimum atomic E-state index is -3.80. The molecule has 0 aliphatic carbocycles. The Morgan fingerprint density at radius 2 is 1.75 bits per heavy atom. The van der Waals surface area contributed by atoms with Crippen LogP contribution in [-0.2, 0) is 14.8 Å². The maximum Gasteiger partial charge on any atom is 0.241 e. The number of carbonyl (C=O) groups is 1. The summed E-state index contributed by atoms with van der Waals surface area (Å²) in [6.07, 6.45) is 3.62. The van der Waals surface area contributed by atoms with E-state index in [4.69, 9.17) is 0 Å². The van der Waals surface area contributed by atoms with Crippen LogP contribution in [0.3, 0.4) is 0 Å². The molecule has 1 aliphatic rings. The summed E-state index contributed by atoms with van der Waals surface area (Å²) in [5.74, 6) is -1.22. The number of benzene rings is 2. The molecule has 8 heteroatoms. The van der Waals surface area contributed by atoms with E-state index in [1.54, 1.807) is 24.3 Å². The molecule has 2 aromatic carbocycles. The largest absolute Gasteiger partial charge is 0.372 e. The number of anilines is 3. The Hall–Kier alpha value is -2.06. The molecule has 28 heavy (non-hydrogen) atoms. The second-order valence-electron chi connectivity index (χ2n) is 6.96. The van der Waals surface area contributed by atoms with Gasteiger partial charge in [0.05, 0.1) is 0 Å². The third-order valence-corrected chi connectivity index (χ3v) is 6.33. The molecule has 0 bridgehead atoms. The summed E-state index contributed by atoms with van der Waals surface area (Å²) in [5.41, 5.74) is 2.98. The van der Waals surface area contributed by atoms with Crippen molar-refractivity contribution in [2.75, 3.05) is 33.8 Å². The molecule has 1 aliphatic heterocycles. The quantitative estimate of drug-likeness (QED) is 0.671. The molecule has 1 saturated heterocycles. The van der Waals surface area contributed by atoms with E-state index in [2.05, 4.69) is 30.9 Å². The molecule has 150 valence electrons. The van der Waals surface area contributed by atoms with E-state index in [1.807, 2.05) is 25.1 Å². The lowest BCUT2D eigenvalue weighted by molar-refractivity contribution is -0.113. The van der Waals surface area contributed by atoms with Gasteiger partial charge >= 0.3 is 0 Å².